The van der Waals surface area contributed by atoms with Crippen molar-refractivity contribution in [3.8, 4) is 11.6 Å². The summed E-state index contributed by atoms with van der Waals surface area (Å²) in [5.74, 6) is -0.659. The van der Waals surface area contributed by atoms with Crippen LogP contribution in [-0.2, 0) is 14.6 Å². The predicted molar refractivity (Wildman–Crippen MR) is 131 cm³/mol. The average Bonchev–Trinajstić information content (AvgIpc) is 3.17. The highest BCUT2D eigenvalue weighted by molar-refractivity contribution is 7.90. The number of nitrogens with zero attached hydrogens (tertiary/aromatic N) is 5. The molecular weight excluding hydrogens is 507 g/mol. The van der Waals surface area contributed by atoms with Gasteiger partial charge in [-0.25, -0.2) is 27.6 Å². The molecular formula is C23H23FN6O6S. The van der Waals surface area contributed by atoms with Gasteiger partial charge in [0.25, 0.3) is 5.16 Å². The lowest BCUT2D eigenvalue weighted by Gasteiger charge is -2.25. The molecule has 1 N–H and O–H groups in total. The Balaban J connectivity index is 2.06. The lowest BCUT2D eigenvalue weighted by atomic mass is 10.1. The quantitative estimate of drug-likeness (QED) is 0.298. The summed E-state index contributed by atoms with van der Waals surface area (Å²) >= 11 is 0. The van der Waals surface area contributed by atoms with E-state index < -0.39 is 32.5 Å². The van der Waals surface area contributed by atoms with E-state index in [-0.39, 0.29) is 44.8 Å². The summed E-state index contributed by atoms with van der Waals surface area (Å²) in [7, 11) is -2.55. The lowest BCUT2D eigenvalue weighted by Crippen LogP contribution is -2.34. The second-order valence-electron chi connectivity index (χ2n) is 9.20. The number of aryl methyl sites for hydroxylation is 1. The van der Waals surface area contributed by atoms with E-state index in [9.17, 15) is 18.0 Å². The summed E-state index contributed by atoms with van der Waals surface area (Å²) in [4.78, 5) is 44.8. The molecule has 4 rings (SSSR count). The first-order valence-electron chi connectivity index (χ1n) is 10.8. The first-order valence-corrected chi connectivity index (χ1v) is 12.7. The van der Waals surface area contributed by atoms with Gasteiger partial charge in [-0.1, -0.05) is 0 Å². The second-order valence-corrected chi connectivity index (χ2v) is 11.1. The average molecular weight is 531 g/mol. The number of carbonyl (C=O) groups excluding carboxylic acids is 2. The van der Waals surface area contributed by atoms with Gasteiger partial charge in [0.05, 0.1) is 34.5 Å². The Morgan fingerprint density at radius 3 is 2.38 bits per heavy atom. The molecule has 0 aliphatic heterocycles. The summed E-state index contributed by atoms with van der Waals surface area (Å²) in [6, 6.07) is 0.991. The van der Waals surface area contributed by atoms with E-state index in [1.807, 2.05) is 0 Å². The normalized spacial score (nSPS) is 12.1. The van der Waals surface area contributed by atoms with Gasteiger partial charge in [0.2, 0.25) is 15.7 Å². The summed E-state index contributed by atoms with van der Waals surface area (Å²) in [5, 5.41) is -0.577. The number of rotatable bonds is 5. The van der Waals surface area contributed by atoms with Crippen LogP contribution in [0.15, 0.2) is 23.6 Å². The van der Waals surface area contributed by atoms with Crippen LogP contribution in [0.3, 0.4) is 0 Å². The molecule has 3 aromatic heterocycles. The van der Waals surface area contributed by atoms with E-state index in [0.29, 0.717) is 12.1 Å². The molecule has 0 unspecified atom stereocenters. The number of halogens is 1. The Morgan fingerprint density at radius 1 is 1.16 bits per heavy atom. The molecule has 0 radical (unpaired) electrons. The first kappa shape index (κ1) is 25.9. The molecule has 4 aromatic rings. The van der Waals surface area contributed by atoms with Crippen LogP contribution in [0.25, 0.3) is 21.9 Å². The number of carbonyl (C=O) groups is 2. The second kappa shape index (κ2) is 9.03. The van der Waals surface area contributed by atoms with E-state index in [0.717, 1.165) is 17.2 Å². The standard InChI is InChI=1S/C23H23FN6O6S/c1-11-25-8-12(9-26-11)35-20-17-16-13(10-31)14(24)7-15(30(5)22(32)36-23(2,3)4)18(16)27-19(17)28-21(29-20)37(6,33)34/h7-10H,1-6H3,(H,27,28,29). The fourth-order valence-corrected chi connectivity index (χ4v) is 3.99. The SMILES string of the molecule is Cc1ncc(Oc2nc(S(C)(=O)=O)nc3[nH]c4c(N(C)C(=O)OC(C)(C)C)cc(F)c(C=O)c4c23)cn1. The number of aldehydes is 1. The van der Waals surface area contributed by atoms with Crippen LogP contribution in [0.1, 0.15) is 37.0 Å². The number of fused-ring (bicyclic) bond motifs is 3. The van der Waals surface area contributed by atoms with Crippen LogP contribution in [0.4, 0.5) is 14.9 Å². The van der Waals surface area contributed by atoms with Crippen molar-refractivity contribution in [2.75, 3.05) is 18.2 Å². The molecule has 12 nitrogen and oxygen atoms in total. The predicted octanol–water partition coefficient (Wildman–Crippen LogP) is 3.73. The van der Waals surface area contributed by atoms with Crippen molar-refractivity contribution in [3.63, 3.8) is 0 Å². The number of H-pyrrole nitrogens is 1. The Morgan fingerprint density at radius 2 is 1.81 bits per heavy atom. The molecule has 37 heavy (non-hydrogen) atoms. The maximum Gasteiger partial charge on any atom is 0.414 e. The van der Waals surface area contributed by atoms with Crippen molar-refractivity contribution in [3.05, 3.63) is 35.7 Å². The van der Waals surface area contributed by atoms with Gasteiger partial charge in [0.1, 0.15) is 22.9 Å². The molecule has 1 aromatic carbocycles. The first-order chi connectivity index (χ1) is 17.2. The van der Waals surface area contributed by atoms with Gasteiger partial charge in [-0.2, -0.15) is 9.97 Å². The smallest absolute Gasteiger partial charge is 0.414 e. The minimum Gasteiger partial charge on any atom is -0.443 e. The highest BCUT2D eigenvalue weighted by Crippen LogP contribution is 2.40. The molecule has 0 aliphatic carbocycles. The molecule has 0 aliphatic rings. The fraction of sp³-hybridized carbons (Fsp3) is 0.304. The molecule has 0 atom stereocenters. The Labute approximate surface area is 210 Å². The molecule has 0 saturated carbocycles. The summed E-state index contributed by atoms with van der Waals surface area (Å²) in [5.41, 5.74) is -1.16. The van der Waals surface area contributed by atoms with Gasteiger partial charge < -0.3 is 14.5 Å². The van der Waals surface area contributed by atoms with Crippen molar-refractivity contribution in [2.45, 2.75) is 38.5 Å². The lowest BCUT2D eigenvalue weighted by molar-refractivity contribution is 0.0589. The van der Waals surface area contributed by atoms with Crippen LogP contribution < -0.4 is 9.64 Å². The fourth-order valence-electron chi connectivity index (χ4n) is 3.49. The van der Waals surface area contributed by atoms with Gasteiger partial charge in [-0.15, -0.1) is 0 Å². The van der Waals surface area contributed by atoms with Crippen LogP contribution in [0.5, 0.6) is 11.6 Å². The monoisotopic (exact) mass is 530 g/mol. The van der Waals surface area contributed by atoms with Gasteiger partial charge in [0, 0.05) is 24.8 Å². The highest BCUT2D eigenvalue weighted by atomic mass is 32.2. The molecule has 3 heterocycles. The molecule has 0 fully saturated rings. The van der Waals surface area contributed by atoms with Crippen LogP contribution >= 0.6 is 0 Å². The number of hydrogen-bond acceptors (Lipinski definition) is 10. The number of nitrogens with one attached hydrogen (secondary N) is 1. The number of amides is 1. The minimum absolute atomic E-state index is 0.0101. The van der Waals surface area contributed by atoms with Crippen molar-refractivity contribution in [2.24, 2.45) is 0 Å². The zero-order valence-electron chi connectivity index (χ0n) is 20.8. The number of hydrogen-bond donors (Lipinski definition) is 1. The molecule has 1 amide bonds. The van der Waals surface area contributed by atoms with Gasteiger partial charge >= 0.3 is 6.09 Å². The van der Waals surface area contributed by atoms with E-state index in [4.69, 9.17) is 9.47 Å². The maximum atomic E-state index is 15.2. The van der Waals surface area contributed by atoms with E-state index in [1.54, 1.807) is 27.7 Å². The third-order valence-electron chi connectivity index (χ3n) is 5.09. The van der Waals surface area contributed by atoms with Gasteiger partial charge in [-0.3, -0.25) is 9.69 Å². The van der Waals surface area contributed by atoms with Crippen LogP contribution in [-0.4, -0.2) is 64.6 Å². The third-order valence-corrected chi connectivity index (χ3v) is 5.94. The molecule has 0 spiro atoms. The van der Waals surface area contributed by atoms with E-state index in [1.165, 1.54) is 19.4 Å². The molecule has 0 saturated heterocycles. The largest absolute Gasteiger partial charge is 0.443 e. The number of aromatic amines is 1. The van der Waals surface area contributed by atoms with Crippen molar-refractivity contribution in [1.82, 2.24) is 24.9 Å². The number of benzene rings is 1. The summed E-state index contributed by atoms with van der Waals surface area (Å²) in [6.45, 7) is 6.69. The van der Waals surface area contributed by atoms with E-state index in [2.05, 4.69) is 24.9 Å². The van der Waals surface area contributed by atoms with Crippen molar-refractivity contribution >= 4 is 49.8 Å². The van der Waals surface area contributed by atoms with Crippen molar-refractivity contribution < 1.29 is 31.9 Å². The molecule has 0 bridgehead atoms. The Kier molecular flexibility index (Phi) is 6.32. The molecule has 194 valence electrons. The molecule has 14 heteroatoms. The maximum absolute atomic E-state index is 15.2. The van der Waals surface area contributed by atoms with Crippen LogP contribution in [0.2, 0.25) is 0 Å². The minimum atomic E-state index is -3.92. The number of aromatic nitrogens is 5. The van der Waals surface area contributed by atoms with Crippen LogP contribution in [0, 0.1) is 12.7 Å². The van der Waals surface area contributed by atoms with Crippen molar-refractivity contribution in [1.29, 1.82) is 0 Å². The summed E-state index contributed by atoms with van der Waals surface area (Å²) in [6.07, 6.45) is 3.10. The van der Waals surface area contributed by atoms with E-state index >= 15 is 4.39 Å². The number of sulfone groups is 1. The number of anilines is 1. The zero-order valence-corrected chi connectivity index (χ0v) is 21.6. The number of ether oxygens (including phenoxy) is 2. The third kappa shape index (κ3) is 5.05. The Bertz CT molecular complexity index is 1660. The van der Waals surface area contributed by atoms with Gasteiger partial charge in [-0.05, 0) is 27.7 Å². The zero-order chi connectivity index (χ0) is 27.3. The summed E-state index contributed by atoms with van der Waals surface area (Å²) < 4.78 is 51.0. The Hall–Kier alpha value is -4.20. The highest BCUT2D eigenvalue weighted by Gasteiger charge is 2.28. The van der Waals surface area contributed by atoms with Gasteiger partial charge in [0.15, 0.2) is 12.0 Å². The topological polar surface area (TPSA) is 157 Å².